The Balaban J connectivity index is 1.24. The second-order valence-electron chi connectivity index (χ2n) is 11.5. The van der Waals surface area contributed by atoms with Crippen LogP contribution in [-0.4, -0.2) is 36.3 Å². The zero-order chi connectivity index (χ0) is 27.4. The number of aryl methyl sites for hydroxylation is 3. The monoisotopic (exact) mass is 545 g/mol. The number of nitrogens with zero attached hydrogens (tertiary/aromatic N) is 5. The van der Waals surface area contributed by atoms with E-state index in [1.54, 1.807) is 4.52 Å². The normalized spacial score (nSPS) is 22.8. The first-order valence-corrected chi connectivity index (χ1v) is 14.1. The summed E-state index contributed by atoms with van der Waals surface area (Å²) in [4.78, 5) is 22.3. The van der Waals surface area contributed by atoms with Crippen LogP contribution in [0.15, 0.2) is 35.6 Å². The molecular weight excluding hydrogens is 514 g/mol. The zero-order valence-corrected chi connectivity index (χ0v) is 23.1. The van der Waals surface area contributed by atoms with Crippen LogP contribution < -0.4 is 0 Å². The van der Waals surface area contributed by atoms with Crippen LogP contribution >= 0.6 is 11.6 Å². The molecule has 1 aromatic carbocycles. The van der Waals surface area contributed by atoms with E-state index < -0.39 is 17.0 Å². The van der Waals surface area contributed by atoms with E-state index in [-0.39, 0.29) is 30.1 Å². The maximum Gasteiger partial charge on any atom is 0.338 e. The Morgan fingerprint density at radius 2 is 1.97 bits per heavy atom. The average Bonchev–Trinajstić information content (AvgIpc) is 3.28. The first-order valence-electron chi connectivity index (χ1n) is 13.8. The van der Waals surface area contributed by atoms with Crippen molar-refractivity contribution in [1.29, 1.82) is 5.26 Å². The lowest BCUT2D eigenvalue weighted by atomic mass is 9.76. The van der Waals surface area contributed by atoms with Crippen LogP contribution in [0.5, 0.6) is 0 Å². The Morgan fingerprint density at radius 1 is 1.21 bits per heavy atom. The highest BCUT2D eigenvalue weighted by Gasteiger charge is 2.49. The first kappa shape index (κ1) is 25.8. The Kier molecular flexibility index (Phi) is 6.38. The van der Waals surface area contributed by atoms with Crippen molar-refractivity contribution in [1.82, 2.24) is 19.6 Å². The van der Waals surface area contributed by atoms with Crippen LogP contribution in [0.25, 0.3) is 5.78 Å². The van der Waals surface area contributed by atoms with Crippen LogP contribution in [0.1, 0.15) is 79.7 Å². The van der Waals surface area contributed by atoms with Crippen LogP contribution in [0.2, 0.25) is 5.02 Å². The van der Waals surface area contributed by atoms with Gasteiger partial charge < -0.3 is 9.84 Å². The lowest BCUT2D eigenvalue weighted by molar-refractivity contribution is -0.167. The van der Waals surface area contributed by atoms with Gasteiger partial charge in [0.1, 0.15) is 11.4 Å². The van der Waals surface area contributed by atoms with E-state index in [1.165, 1.54) is 0 Å². The highest BCUT2D eigenvalue weighted by molar-refractivity contribution is 6.31. The molecule has 2 aliphatic carbocycles. The molecular formula is C30H32ClN5O3. The molecule has 8 nitrogen and oxygen atoms in total. The molecule has 2 fully saturated rings. The van der Waals surface area contributed by atoms with E-state index in [0.717, 1.165) is 61.0 Å². The van der Waals surface area contributed by atoms with Crippen molar-refractivity contribution in [3.63, 3.8) is 0 Å². The molecule has 2 saturated carbocycles. The summed E-state index contributed by atoms with van der Waals surface area (Å²) in [7, 11) is 0. The van der Waals surface area contributed by atoms with Crippen molar-refractivity contribution in [3.8, 4) is 6.07 Å². The summed E-state index contributed by atoms with van der Waals surface area (Å²) in [5.74, 6) is 0.651. The van der Waals surface area contributed by atoms with Gasteiger partial charge in [-0.25, -0.2) is 14.3 Å². The molecule has 0 radical (unpaired) electrons. The van der Waals surface area contributed by atoms with E-state index in [0.29, 0.717) is 29.5 Å². The molecule has 3 aromatic rings. The minimum atomic E-state index is -0.766. The first-order chi connectivity index (χ1) is 18.7. The quantitative estimate of drug-likeness (QED) is 0.372. The number of carbonyl (C=O) groups excluding carboxylic acids is 1. The van der Waals surface area contributed by atoms with Crippen molar-refractivity contribution in [2.24, 2.45) is 5.92 Å². The Hall–Kier alpha value is -3.44. The van der Waals surface area contributed by atoms with Crippen molar-refractivity contribution in [2.75, 3.05) is 0 Å². The minimum Gasteiger partial charge on any atom is -0.512 e. The van der Waals surface area contributed by atoms with Gasteiger partial charge in [-0.1, -0.05) is 36.6 Å². The van der Waals surface area contributed by atoms with Crippen molar-refractivity contribution in [2.45, 2.75) is 89.1 Å². The predicted molar refractivity (Wildman–Crippen MR) is 145 cm³/mol. The molecule has 3 heterocycles. The number of carbonyl (C=O) groups is 1. The van der Waals surface area contributed by atoms with Crippen LogP contribution in [0.4, 0.5) is 0 Å². The third-order valence-corrected chi connectivity index (χ3v) is 9.12. The van der Waals surface area contributed by atoms with E-state index >= 15 is 0 Å². The fraction of sp³-hybridized carbons (Fsp3) is 0.500. The number of aliphatic hydroxyl groups excluding tert-OH is 1. The van der Waals surface area contributed by atoms with Gasteiger partial charge in [0, 0.05) is 29.3 Å². The van der Waals surface area contributed by atoms with Crippen molar-refractivity contribution >= 4 is 23.3 Å². The Morgan fingerprint density at radius 3 is 2.64 bits per heavy atom. The van der Waals surface area contributed by atoms with Gasteiger partial charge in [0.25, 0.3) is 5.78 Å². The molecule has 202 valence electrons. The lowest BCUT2D eigenvalue weighted by Crippen LogP contribution is -2.46. The number of ether oxygens (including phenoxy) is 1. The standard InChI is InChI=1S/C30H32ClN5O3/c1-18-13-19(2)36-28(33-18)34-26(35-36)15-22-25(37)16-30(39-27(22)38,21-5-3-4-6-21)10-9-20-7-8-23(24(31)14-20)29(17-32)11-12-29/h7-8,13-14,21,37H,3-6,9-12,15-16H2,1-2H3. The fourth-order valence-corrected chi connectivity index (χ4v) is 6.84. The van der Waals surface area contributed by atoms with Gasteiger partial charge in [-0.05, 0) is 81.5 Å². The van der Waals surface area contributed by atoms with Crippen molar-refractivity contribution < 1.29 is 14.6 Å². The SMILES string of the molecule is Cc1cc(C)n2nc(CC3=C(O)CC(CCc4ccc(C5(C#N)CC5)c(Cl)c4)(C4CCCC4)OC3=O)nc2n1. The van der Waals surface area contributed by atoms with Gasteiger partial charge in [-0.2, -0.15) is 10.2 Å². The molecule has 2 aromatic heterocycles. The molecule has 39 heavy (non-hydrogen) atoms. The Labute approximate surface area is 232 Å². The summed E-state index contributed by atoms with van der Waals surface area (Å²) < 4.78 is 7.92. The van der Waals surface area contributed by atoms with E-state index in [2.05, 4.69) is 21.1 Å². The predicted octanol–water partition coefficient (Wildman–Crippen LogP) is 5.81. The number of nitriles is 1. The lowest BCUT2D eigenvalue weighted by Gasteiger charge is -2.41. The van der Waals surface area contributed by atoms with Gasteiger partial charge >= 0.3 is 5.97 Å². The van der Waals surface area contributed by atoms with Gasteiger partial charge in [0.05, 0.1) is 17.1 Å². The van der Waals surface area contributed by atoms with Crippen LogP contribution in [-0.2, 0) is 27.8 Å². The number of esters is 1. The summed E-state index contributed by atoms with van der Waals surface area (Å²) >= 11 is 6.60. The molecule has 1 unspecified atom stereocenters. The minimum absolute atomic E-state index is 0.0657. The zero-order valence-electron chi connectivity index (χ0n) is 22.3. The molecule has 1 N–H and O–H groups in total. The van der Waals surface area contributed by atoms with Gasteiger partial charge in [0.2, 0.25) is 0 Å². The number of fused-ring (bicyclic) bond motifs is 1. The molecule has 0 bridgehead atoms. The molecule has 1 atom stereocenters. The summed E-state index contributed by atoms with van der Waals surface area (Å²) in [6.07, 6.45) is 7.44. The Bertz CT molecular complexity index is 1540. The smallest absolute Gasteiger partial charge is 0.338 e. The number of rotatable bonds is 7. The fourth-order valence-electron chi connectivity index (χ4n) is 6.45. The van der Waals surface area contributed by atoms with Gasteiger partial charge in [0.15, 0.2) is 5.82 Å². The molecule has 3 aliphatic rings. The summed E-state index contributed by atoms with van der Waals surface area (Å²) in [6, 6.07) is 10.3. The molecule has 1 aliphatic heterocycles. The largest absolute Gasteiger partial charge is 0.512 e. The molecule has 6 rings (SSSR count). The van der Waals surface area contributed by atoms with E-state index in [1.807, 2.05) is 38.1 Å². The average molecular weight is 546 g/mol. The number of cyclic esters (lactones) is 1. The second kappa shape index (κ2) is 9.63. The van der Waals surface area contributed by atoms with Crippen LogP contribution in [0.3, 0.4) is 0 Å². The highest BCUT2D eigenvalue weighted by atomic mass is 35.5. The van der Waals surface area contributed by atoms with E-state index in [4.69, 9.17) is 16.3 Å². The maximum absolute atomic E-state index is 13.4. The van der Waals surface area contributed by atoms with E-state index in [9.17, 15) is 15.2 Å². The molecule has 0 saturated heterocycles. The summed E-state index contributed by atoms with van der Waals surface area (Å²) in [5.41, 5.74) is 2.69. The third kappa shape index (κ3) is 4.67. The number of benzene rings is 1. The summed E-state index contributed by atoms with van der Waals surface area (Å²) in [6.45, 7) is 3.82. The number of aliphatic hydroxyl groups is 1. The van der Waals surface area contributed by atoms with Crippen LogP contribution in [0, 0.1) is 31.1 Å². The van der Waals surface area contributed by atoms with Crippen molar-refractivity contribution in [3.05, 3.63) is 69.0 Å². The number of hydrogen-bond acceptors (Lipinski definition) is 7. The number of halogens is 1. The summed E-state index contributed by atoms with van der Waals surface area (Å²) in [5, 5.41) is 25.9. The maximum atomic E-state index is 13.4. The molecule has 0 spiro atoms. The molecule has 9 heteroatoms. The molecule has 0 amide bonds. The van der Waals surface area contributed by atoms with Gasteiger partial charge in [-0.15, -0.1) is 5.10 Å². The highest BCUT2D eigenvalue weighted by Crippen LogP contribution is 2.50. The number of aromatic nitrogens is 4. The topological polar surface area (TPSA) is 113 Å². The third-order valence-electron chi connectivity index (χ3n) is 8.80. The second-order valence-corrected chi connectivity index (χ2v) is 11.9. The number of hydrogen-bond donors (Lipinski definition) is 1. The van der Waals surface area contributed by atoms with Gasteiger partial charge in [-0.3, -0.25) is 0 Å².